The van der Waals surface area contributed by atoms with Gasteiger partial charge in [0.25, 0.3) is 0 Å². The zero-order chi connectivity index (χ0) is 28.1. The number of carbonyl (C=O) groups excluding carboxylic acids is 1. The summed E-state index contributed by atoms with van der Waals surface area (Å²) in [6.45, 7) is 8.65. The van der Waals surface area contributed by atoms with Crippen molar-refractivity contribution in [2.24, 2.45) is 0 Å². The van der Waals surface area contributed by atoms with Crippen LogP contribution in [0.1, 0.15) is 31.0 Å². The molecular weight excluding hydrogens is 504 g/mol. The smallest absolute Gasteiger partial charge is 0.318 e. The number of phenolic OH excluding ortho intramolecular Hbond substituents is 1. The second-order valence-electron chi connectivity index (χ2n) is 10.6. The number of phenols is 1. The van der Waals surface area contributed by atoms with Crippen LogP contribution in [-0.2, 0) is 17.8 Å². The van der Waals surface area contributed by atoms with Crippen molar-refractivity contribution in [2.45, 2.75) is 32.7 Å². The second kappa shape index (κ2) is 12.6. The second-order valence-corrected chi connectivity index (χ2v) is 10.6. The molecule has 6 rings (SSSR count). The Morgan fingerprint density at radius 2 is 1.73 bits per heavy atom. The van der Waals surface area contributed by atoms with Gasteiger partial charge in [0.15, 0.2) is 0 Å². The molecule has 0 radical (unpaired) electrons. The number of likely N-dealkylation sites (tertiary alicyclic amines) is 1. The quantitative estimate of drug-likeness (QED) is 0.496. The molecule has 0 aliphatic carbocycles. The highest BCUT2D eigenvalue weighted by atomic mass is 16.5. The number of nitrogens with zero attached hydrogens (tertiary/aromatic N) is 6. The molecule has 2 aromatic carbocycles. The minimum Gasteiger partial charge on any atom is -0.508 e. The highest BCUT2D eigenvalue weighted by Crippen LogP contribution is 2.36. The molecule has 1 amide bonds. The van der Waals surface area contributed by atoms with Crippen molar-refractivity contribution in [2.75, 3.05) is 69.8 Å². The van der Waals surface area contributed by atoms with E-state index < -0.39 is 0 Å². The van der Waals surface area contributed by atoms with Crippen LogP contribution in [0.15, 0.2) is 48.6 Å². The van der Waals surface area contributed by atoms with Crippen LogP contribution in [0.3, 0.4) is 0 Å². The van der Waals surface area contributed by atoms with Gasteiger partial charge >= 0.3 is 6.01 Å². The van der Waals surface area contributed by atoms with E-state index in [4.69, 9.17) is 14.7 Å². The molecule has 1 aromatic heterocycles. The average Bonchev–Trinajstić information content (AvgIpc) is 3.47. The Balaban J connectivity index is 0.000000477. The molecule has 9 nitrogen and oxygen atoms in total. The van der Waals surface area contributed by atoms with Crippen molar-refractivity contribution in [1.29, 1.82) is 0 Å². The Kier molecular flexibility index (Phi) is 8.69. The molecule has 1 N–H and O–H groups in total. The zero-order valence-electron chi connectivity index (χ0n) is 23.8. The standard InChI is InChI=1S/C26H29N5O3.C5H11N/c1-3-6-24(33)29-11-13-30(14-12-29)25-21-9-10-31(17-22(21)27-26(28-25)34-2)23-16-19(32)15-18-7-4-5-8-20(18)23;1-6-4-2-3-5-6/h3-8,15-16,32H,9-14,17H2,1-2H3;2-5H2,1H3/b6-3+;. The zero-order valence-corrected chi connectivity index (χ0v) is 23.8. The van der Waals surface area contributed by atoms with Gasteiger partial charge in [-0.3, -0.25) is 4.79 Å². The Hall–Kier alpha value is -3.85. The maximum atomic E-state index is 12.2. The molecule has 212 valence electrons. The summed E-state index contributed by atoms with van der Waals surface area (Å²) in [6, 6.07) is 12.1. The van der Waals surface area contributed by atoms with Crippen LogP contribution in [0.2, 0.25) is 0 Å². The summed E-state index contributed by atoms with van der Waals surface area (Å²) in [6.07, 6.45) is 7.01. The third-order valence-electron chi connectivity index (χ3n) is 7.90. The van der Waals surface area contributed by atoms with E-state index in [1.807, 2.05) is 36.1 Å². The highest BCUT2D eigenvalue weighted by molar-refractivity contribution is 5.95. The first-order chi connectivity index (χ1) is 19.5. The fourth-order valence-corrected chi connectivity index (χ4v) is 5.75. The topological polar surface area (TPSA) is 85.3 Å². The largest absolute Gasteiger partial charge is 0.508 e. The van der Waals surface area contributed by atoms with E-state index in [1.54, 1.807) is 25.3 Å². The molecular formula is C31H40N6O3. The van der Waals surface area contributed by atoms with Crippen LogP contribution >= 0.6 is 0 Å². The molecule has 3 aliphatic rings. The maximum absolute atomic E-state index is 12.2. The third kappa shape index (κ3) is 6.14. The van der Waals surface area contributed by atoms with E-state index in [9.17, 15) is 9.90 Å². The molecule has 3 aliphatic heterocycles. The highest BCUT2D eigenvalue weighted by Gasteiger charge is 2.29. The number of carbonyl (C=O) groups is 1. The Bertz CT molecular complexity index is 1360. The number of aromatic hydroxyl groups is 1. The molecule has 2 fully saturated rings. The van der Waals surface area contributed by atoms with E-state index in [0.29, 0.717) is 25.6 Å². The number of aromatic nitrogens is 2. The van der Waals surface area contributed by atoms with Gasteiger partial charge in [-0.15, -0.1) is 0 Å². The lowest BCUT2D eigenvalue weighted by molar-refractivity contribution is -0.126. The maximum Gasteiger partial charge on any atom is 0.318 e. The normalized spacial score (nSPS) is 17.6. The average molecular weight is 545 g/mol. The predicted molar refractivity (Wildman–Crippen MR) is 159 cm³/mol. The van der Waals surface area contributed by atoms with Gasteiger partial charge in [-0.25, -0.2) is 0 Å². The lowest BCUT2D eigenvalue weighted by atomic mass is 10.0. The first kappa shape index (κ1) is 27.7. The summed E-state index contributed by atoms with van der Waals surface area (Å²) < 4.78 is 5.45. The van der Waals surface area contributed by atoms with E-state index in [-0.39, 0.29) is 11.7 Å². The summed E-state index contributed by atoms with van der Waals surface area (Å²) in [5.41, 5.74) is 3.07. The van der Waals surface area contributed by atoms with Crippen LogP contribution < -0.4 is 14.5 Å². The van der Waals surface area contributed by atoms with E-state index >= 15 is 0 Å². The molecule has 0 saturated carbocycles. The molecule has 3 aromatic rings. The van der Waals surface area contributed by atoms with Gasteiger partial charge in [0.05, 0.1) is 19.3 Å². The fraction of sp³-hybridized carbons (Fsp3) is 0.452. The first-order valence-corrected chi connectivity index (χ1v) is 14.2. The molecule has 0 atom stereocenters. The number of piperazine rings is 1. The van der Waals surface area contributed by atoms with Crippen molar-refractivity contribution in [3.05, 3.63) is 59.8 Å². The van der Waals surface area contributed by atoms with Crippen molar-refractivity contribution in [3.8, 4) is 11.8 Å². The number of allylic oxidation sites excluding steroid dienone is 1. The SMILES string of the molecule is C/C=C/C(=O)N1CCN(c2nc(OC)nc3c2CCN(c2cc(O)cc4ccccc24)C3)CC1.CN1CCCC1. The van der Waals surface area contributed by atoms with E-state index in [1.165, 1.54) is 25.9 Å². The Labute approximate surface area is 236 Å². The molecule has 40 heavy (non-hydrogen) atoms. The van der Waals surface area contributed by atoms with Crippen molar-refractivity contribution in [3.63, 3.8) is 0 Å². The molecule has 9 heteroatoms. The number of benzene rings is 2. The minimum atomic E-state index is 0.0541. The first-order valence-electron chi connectivity index (χ1n) is 14.2. The van der Waals surface area contributed by atoms with Gasteiger partial charge in [0.2, 0.25) is 5.91 Å². The van der Waals surface area contributed by atoms with Gasteiger partial charge < -0.3 is 29.4 Å². The van der Waals surface area contributed by atoms with Crippen LogP contribution in [0.4, 0.5) is 11.5 Å². The minimum absolute atomic E-state index is 0.0541. The van der Waals surface area contributed by atoms with Crippen molar-refractivity contribution >= 4 is 28.2 Å². The third-order valence-corrected chi connectivity index (χ3v) is 7.90. The molecule has 0 bridgehead atoms. The van der Waals surface area contributed by atoms with E-state index in [2.05, 4.69) is 27.8 Å². The number of methoxy groups -OCH3 is 1. The lowest BCUT2D eigenvalue weighted by Crippen LogP contribution is -2.49. The van der Waals surface area contributed by atoms with Gasteiger partial charge in [0, 0.05) is 55.4 Å². The molecule has 0 spiro atoms. The van der Waals surface area contributed by atoms with Gasteiger partial charge in [-0.05, 0) is 63.9 Å². The number of rotatable bonds is 4. The molecule has 4 heterocycles. The lowest BCUT2D eigenvalue weighted by Gasteiger charge is -2.38. The number of fused-ring (bicyclic) bond motifs is 2. The number of hydrogen-bond donors (Lipinski definition) is 1. The summed E-state index contributed by atoms with van der Waals surface area (Å²) in [5.74, 6) is 1.21. The Morgan fingerprint density at radius 3 is 2.40 bits per heavy atom. The van der Waals surface area contributed by atoms with Crippen LogP contribution in [-0.4, -0.2) is 90.8 Å². The van der Waals surface area contributed by atoms with Crippen molar-refractivity contribution in [1.82, 2.24) is 19.8 Å². The number of ether oxygens (including phenoxy) is 1. The van der Waals surface area contributed by atoms with Crippen LogP contribution in [0.5, 0.6) is 11.8 Å². The number of amides is 1. The van der Waals surface area contributed by atoms with E-state index in [0.717, 1.165) is 59.6 Å². The molecule has 2 saturated heterocycles. The summed E-state index contributed by atoms with van der Waals surface area (Å²) in [4.78, 5) is 30.4. The van der Waals surface area contributed by atoms with Crippen LogP contribution in [0, 0.1) is 0 Å². The fourth-order valence-electron chi connectivity index (χ4n) is 5.75. The van der Waals surface area contributed by atoms with Crippen molar-refractivity contribution < 1.29 is 14.6 Å². The summed E-state index contributed by atoms with van der Waals surface area (Å²) in [5, 5.41) is 12.4. The monoisotopic (exact) mass is 544 g/mol. The summed E-state index contributed by atoms with van der Waals surface area (Å²) in [7, 11) is 3.76. The molecule has 0 unspecified atom stereocenters. The van der Waals surface area contributed by atoms with Gasteiger partial charge in [-0.1, -0.05) is 30.3 Å². The van der Waals surface area contributed by atoms with Gasteiger partial charge in [-0.2, -0.15) is 9.97 Å². The Morgan fingerprint density at radius 1 is 0.975 bits per heavy atom. The summed E-state index contributed by atoms with van der Waals surface area (Å²) >= 11 is 0. The van der Waals surface area contributed by atoms with Crippen LogP contribution in [0.25, 0.3) is 10.8 Å². The van der Waals surface area contributed by atoms with Gasteiger partial charge in [0.1, 0.15) is 11.6 Å². The number of anilines is 2. The predicted octanol–water partition coefficient (Wildman–Crippen LogP) is 3.84. The number of hydrogen-bond acceptors (Lipinski definition) is 8.